The Bertz CT molecular complexity index is 631. The summed E-state index contributed by atoms with van der Waals surface area (Å²) in [6.45, 7) is 3.21. The average molecular weight is 283 g/mol. The van der Waals surface area contributed by atoms with Crippen molar-refractivity contribution in [2.75, 3.05) is 19.7 Å². The van der Waals surface area contributed by atoms with Gasteiger partial charge in [0, 0.05) is 24.0 Å². The number of pyridine rings is 2. The highest BCUT2D eigenvalue weighted by Gasteiger charge is 2.40. The fraction of sp³-hybridized carbons (Fsp3) is 0.529. The second kappa shape index (κ2) is 5.35. The van der Waals surface area contributed by atoms with E-state index in [2.05, 4.69) is 21.4 Å². The molecule has 2 fully saturated rings. The number of hydrogen-bond donors (Lipinski definition) is 1. The SMILES string of the molecule is c1cc2nccc(CC3CC4(CCNCC4)CO3)c2cn1. The summed E-state index contributed by atoms with van der Waals surface area (Å²) in [5.74, 6) is 0. The maximum absolute atomic E-state index is 6.13. The molecule has 2 aromatic rings. The van der Waals surface area contributed by atoms with E-state index in [1.54, 1.807) is 6.20 Å². The Hall–Kier alpha value is -1.52. The molecule has 2 saturated heterocycles. The summed E-state index contributed by atoms with van der Waals surface area (Å²) in [5.41, 5.74) is 2.76. The summed E-state index contributed by atoms with van der Waals surface area (Å²) >= 11 is 0. The van der Waals surface area contributed by atoms with Gasteiger partial charge >= 0.3 is 0 Å². The molecule has 2 aromatic heterocycles. The predicted octanol–water partition coefficient (Wildman–Crippen LogP) is 2.33. The lowest BCUT2D eigenvalue weighted by Crippen LogP contribution is -2.37. The molecule has 4 heterocycles. The first-order chi connectivity index (χ1) is 10.3. The van der Waals surface area contributed by atoms with Crippen molar-refractivity contribution in [1.82, 2.24) is 15.3 Å². The Morgan fingerprint density at radius 2 is 2.14 bits per heavy atom. The lowest BCUT2D eigenvalue weighted by Gasteiger charge is -2.32. The van der Waals surface area contributed by atoms with E-state index in [0.717, 1.165) is 37.0 Å². The van der Waals surface area contributed by atoms with Gasteiger partial charge in [-0.25, -0.2) is 0 Å². The van der Waals surface area contributed by atoms with E-state index in [-0.39, 0.29) is 0 Å². The Labute approximate surface area is 124 Å². The maximum Gasteiger partial charge on any atom is 0.0735 e. The number of ether oxygens (including phenoxy) is 1. The molecule has 4 rings (SSSR count). The molecule has 0 saturated carbocycles. The Morgan fingerprint density at radius 3 is 3.05 bits per heavy atom. The summed E-state index contributed by atoms with van der Waals surface area (Å²) in [6, 6.07) is 4.09. The van der Waals surface area contributed by atoms with Crippen LogP contribution in [0.25, 0.3) is 10.9 Å². The minimum absolute atomic E-state index is 0.342. The normalized spacial score (nSPS) is 24.7. The first kappa shape index (κ1) is 13.2. The summed E-state index contributed by atoms with van der Waals surface area (Å²) in [5, 5.41) is 4.61. The zero-order valence-corrected chi connectivity index (χ0v) is 12.2. The van der Waals surface area contributed by atoms with Crippen molar-refractivity contribution in [2.24, 2.45) is 5.41 Å². The molecule has 1 N–H and O–H groups in total. The van der Waals surface area contributed by atoms with E-state index in [4.69, 9.17) is 4.74 Å². The van der Waals surface area contributed by atoms with Gasteiger partial charge in [0.1, 0.15) is 0 Å². The number of rotatable bonds is 2. The van der Waals surface area contributed by atoms with Crippen molar-refractivity contribution >= 4 is 10.9 Å². The van der Waals surface area contributed by atoms with Crippen LogP contribution in [-0.4, -0.2) is 35.8 Å². The molecule has 2 aliphatic rings. The van der Waals surface area contributed by atoms with Gasteiger partial charge in [-0.3, -0.25) is 9.97 Å². The van der Waals surface area contributed by atoms with Crippen LogP contribution in [0.1, 0.15) is 24.8 Å². The number of aromatic nitrogens is 2. The molecule has 0 radical (unpaired) electrons. The van der Waals surface area contributed by atoms with Gasteiger partial charge in [-0.2, -0.15) is 0 Å². The quantitative estimate of drug-likeness (QED) is 0.919. The van der Waals surface area contributed by atoms with Crippen molar-refractivity contribution in [1.29, 1.82) is 0 Å². The molecule has 0 aliphatic carbocycles. The standard InChI is InChI=1S/C17H21N3O/c1-6-20-16-2-5-19-11-15(16)13(1)9-14-10-17(12-21-14)3-7-18-8-4-17/h1-2,5-6,11,14,18H,3-4,7-10,12H2. The van der Waals surface area contributed by atoms with Gasteiger partial charge in [0.05, 0.1) is 18.2 Å². The summed E-state index contributed by atoms with van der Waals surface area (Å²) in [4.78, 5) is 8.65. The van der Waals surface area contributed by atoms with Crippen molar-refractivity contribution < 1.29 is 4.74 Å². The van der Waals surface area contributed by atoms with E-state index < -0.39 is 0 Å². The number of hydrogen-bond acceptors (Lipinski definition) is 4. The topological polar surface area (TPSA) is 47.0 Å². The molecular weight excluding hydrogens is 262 g/mol. The first-order valence-electron chi connectivity index (χ1n) is 7.85. The number of nitrogens with one attached hydrogen (secondary N) is 1. The molecule has 0 amide bonds. The van der Waals surface area contributed by atoms with Crippen LogP contribution in [-0.2, 0) is 11.2 Å². The van der Waals surface area contributed by atoms with Crippen molar-refractivity contribution in [3.8, 4) is 0 Å². The molecule has 0 aromatic carbocycles. The van der Waals surface area contributed by atoms with Crippen LogP contribution >= 0.6 is 0 Å². The Kier molecular flexibility index (Phi) is 3.36. The average Bonchev–Trinajstić information content (AvgIpc) is 2.91. The molecule has 21 heavy (non-hydrogen) atoms. The number of piperidine rings is 1. The lowest BCUT2D eigenvalue weighted by atomic mass is 9.76. The largest absolute Gasteiger partial charge is 0.377 e. The van der Waals surface area contributed by atoms with Gasteiger partial charge in [0.25, 0.3) is 0 Å². The monoisotopic (exact) mass is 283 g/mol. The van der Waals surface area contributed by atoms with Gasteiger partial charge in [-0.15, -0.1) is 0 Å². The van der Waals surface area contributed by atoms with Crippen LogP contribution in [0.3, 0.4) is 0 Å². The highest BCUT2D eigenvalue weighted by atomic mass is 16.5. The minimum Gasteiger partial charge on any atom is -0.377 e. The summed E-state index contributed by atoms with van der Waals surface area (Å²) in [7, 11) is 0. The molecule has 1 atom stereocenters. The molecule has 110 valence electrons. The van der Waals surface area contributed by atoms with Crippen LogP contribution in [0.4, 0.5) is 0 Å². The van der Waals surface area contributed by atoms with Gasteiger partial charge in [0.2, 0.25) is 0 Å². The van der Waals surface area contributed by atoms with E-state index in [1.165, 1.54) is 24.8 Å². The third kappa shape index (κ3) is 2.54. The molecule has 2 aliphatic heterocycles. The van der Waals surface area contributed by atoms with Crippen LogP contribution in [0.15, 0.2) is 30.7 Å². The Morgan fingerprint density at radius 1 is 1.24 bits per heavy atom. The van der Waals surface area contributed by atoms with Crippen LogP contribution < -0.4 is 5.32 Å². The molecular formula is C17H21N3O. The van der Waals surface area contributed by atoms with Crippen LogP contribution in [0, 0.1) is 5.41 Å². The second-order valence-electron chi connectivity index (χ2n) is 6.45. The van der Waals surface area contributed by atoms with Crippen LogP contribution in [0.5, 0.6) is 0 Å². The van der Waals surface area contributed by atoms with Gasteiger partial charge < -0.3 is 10.1 Å². The predicted molar refractivity (Wildman–Crippen MR) is 82.1 cm³/mol. The second-order valence-corrected chi connectivity index (χ2v) is 6.45. The molecule has 1 spiro atoms. The third-order valence-corrected chi connectivity index (χ3v) is 5.03. The zero-order valence-electron chi connectivity index (χ0n) is 12.2. The summed E-state index contributed by atoms with van der Waals surface area (Å²) < 4.78 is 6.13. The highest BCUT2D eigenvalue weighted by Crippen LogP contribution is 2.41. The number of nitrogens with zero attached hydrogens (tertiary/aromatic N) is 2. The molecule has 4 nitrogen and oxygen atoms in total. The van der Waals surface area contributed by atoms with Gasteiger partial charge in [0.15, 0.2) is 0 Å². The third-order valence-electron chi connectivity index (χ3n) is 5.03. The maximum atomic E-state index is 6.13. The zero-order chi connectivity index (χ0) is 14.1. The van der Waals surface area contributed by atoms with Gasteiger partial charge in [-0.05, 0) is 61.9 Å². The van der Waals surface area contributed by atoms with Crippen molar-refractivity contribution in [2.45, 2.75) is 31.8 Å². The molecule has 0 bridgehead atoms. The molecule has 4 heteroatoms. The minimum atomic E-state index is 0.342. The van der Waals surface area contributed by atoms with Crippen molar-refractivity contribution in [3.05, 3.63) is 36.3 Å². The van der Waals surface area contributed by atoms with E-state index in [9.17, 15) is 0 Å². The van der Waals surface area contributed by atoms with Crippen LogP contribution in [0.2, 0.25) is 0 Å². The van der Waals surface area contributed by atoms with Gasteiger partial charge in [-0.1, -0.05) is 0 Å². The van der Waals surface area contributed by atoms with E-state index in [0.29, 0.717) is 11.5 Å². The summed E-state index contributed by atoms with van der Waals surface area (Å²) in [6.07, 6.45) is 10.6. The number of fused-ring (bicyclic) bond motifs is 1. The Balaban J connectivity index is 1.53. The lowest BCUT2D eigenvalue weighted by molar-refractivity contribution is 0.0869. The molecule has 1 unspecified atom stereocenters. The highest BCUT2D eigenvalue weighted by molar-refractivity contribution is 5.80. The smallest absolute Gasteiger partial charge is 0.0735 e. The van der Waals surface area contributed by atoms with E-state index >= 15 is 0 Å². The van der Waals surface area contributed by atoms with Crippen molar-refractivity contribution in [3.63, 3.8) is 0 Å². The fourth-order valence-corrected chi connectivity index (χ4v) is 3.80. The fourth-order valence-electron chi connectivity index (χ4n) is 3.80. The van der Waals surface area contributed by atoms with E-state index in [1.807, 2.05) is 18.5 Å². The first-order valence-corrected chi connectivity index (χ1v) is 7.85.